The summed E-state index contributed by atoms with van der Waals surface area (Å²) in [7, 11) is 0. The molecule has 0 spiro atoms. The SMILES string of the molecule is Cc1ccc(-c2cnc(N)o2)cc1NC(=O)OC(C)(C)C. The van der Waals surface area contributed by atoms with Crippen LogP contribution in [-0.4, -0.2) is 16.7 Å². The Balaban J connectivity index is 2.22. The molecule has 2 aromatic rings. The van der Waals surface area contributed by atoms with Crippen molar-refractivity contribution in [1.29, 1.82) is 0 Å². The van der Waals surface area contributed by atoms with Crippen molar-refractivity contribution in [3.05, 3.63) is 30.0 Å². The van der Waals surface area contributed by atoms with Gasteiger partial charge in [-0.3, -0.25) is 5.32 Å². The number of nitrogens with two attached hydrogens (primary N) is 1. The molecule has 2 rings (SSSR count). The van der Waals surface area contributed by atoms with E-state index >= 15 is 0 Å². The lowest BCUT2D eigenvalue weighted by atomic mass is 10.1. The van der Waals surface area contributed by atoms with Crippen molar-refractivity contribution in [2.24, 2.45) is 0 Å². The number of carbonyl (C=O) groups excluding carboxylic acids is 1. The summed E-state index contributed by atoms with van der Waals surface area (Å²) in [5.74, 6) is 0.541. The van der Waals surface area contributed by atoms with Crippen molar-refractivity contribution in [2.75, 3.05) is 11.1 Å². The molecular formula is C15H19N3O3. The Kier molecular flexibility index (Phi) is 3.88. The van der Waals surface area contributed by atoms with Gasteiger partial charge in [-0.05, 0) is 39.3 Å². The summed E-state index contributed by atoms with van der Waals surface area (Å²) in [4.78, 5) is 15.7. The average Bonchev–Trinajstić information content (AvgIpc) is 2.76. The number of hydrogen-bond donors (Lipinski definition) is 2. The first-order valence-electron chi connectivity index (χ1n) is 6.57. The topological polar surface area (TPSA) is 90.4 Å². The first kappa shape index (κ1) is 14.9. The van der Waals surface area contributed by atoms with Crippen LogP contribution in [0, 0.1) is 6.92 Å². The van der Waals surface area contributed by atoms with Crippen molar-refractivity contribution in [3.63, 3.8) is 0 Å². The van der Waals surface area contributed by atoms with Crippen molar-refractivity contribution in [2.45, 2.75) is 33.3 Å². The van der Waals surface area contributed by atoms with Crippen molar-refractivity contribution in [3.8, 4) is 11.3 Å². The van der Waals surface area contributed by atoms with Gasteiger partial charge in [0.1, 0.15) is 5.60 Å². The van der Waals surface area contributed by atoms with Crippen LogP contribution < -0.4 is 11.1 Å². The highest BCUT2D eigenvalue weighted by atomic mass is 16.6. The molecule has 6 nitrogen and oxygen atoms in total. The molecule has 6 heteroatoms. The van der Waals surface area contributed by atoms with Gasteiger partial charge >= 0.3 is 6.09 Å². The summed E-state index contributed by atoms with van der Waals surface area (Å²) in [5.41, 5.74) is 7.26. The van der Waals surface area contributed by atoms with Crippen LogP contribution >= 0.6 is 0 Å². The lowest BCUT2D eigenvalue weighted by molar-refractivity contribution is 0.0636. The number of rotatable bonds is 2. The zero-order chi connectivity index (χ0) is 15.6. The minimum Gasteiger partial charge on any atom is -0.444 e. The maximum atomic E-state index is 11.8. The van der Waals surface area contributed by atoms with Crippen molar-refractivity contribution in [1.82, 2.24) is 4.98 Å². The van der Waals surface area contributed by atoms with E-state index in [-0.39, 0.29) is 6.01 Å². The first-order valence-corrected chi connectivity index (χ1v) is 6.57. The van der Waals surface area contributed by atoms with E-state index < -0.39 is 11.7 Å². The van der Waals surface area contributed by atoms with Crippen molar-refractivity contribution < 1.29 is 13.9 Å². The van der Waals surface area contributed by atoms with Crippen LogP contribution in [0.25, 0.3) is 11.3 Å². The van der Waals surface area contributed by atoms with Gasteiger partial charge in [-0.2, -0.15) is 0 Å². The number of carbonyl (C=O) groups is 1. The number of oxazole rings is 1. The molecule has 0 saturated heterocycles. The lowest BCUT2D eigenvalue weighted by Crippen LogP contribution is -2.27. The standard InChI is InChI=1S/C15H19N3O3/c1-9-5-6-10(12-8-17-13(16)20-12)7-11(9)18-14(19)21-15(2,3)4/h5-8H,1-4H3,(H2,16,17)(H,18,19). The fraction of sp³-hybridized carbons (Fsp3) is 0.333. The highest BCUT2D eigenvalue weighted by molar-refractivity contribution is 5.87. The fourth-order valence-electron chi connectivity index (χ4n) is 1.74. The van der Waals surface area contributed by atoms with Gasteiger partial charge in [-0.1, -0.05) is 12.1 Å². The number of ether oxygens (including phenoxy) is 1. The maximum absolute atomic E-state index is 11.8. The van der Waals surface area contributed by atoms with Crippen LogP contribution in [0.15, 0.2) is 28.8 Å². The highest BCUT2D eigenvalue weighted by Gasteiger charge is 2.17. The largest absolute Gasteiger partial charge is 0.444 e. The number of nitrogen functional groups attached to an aromatic ring is 1. The Morgan fingerprint density at radius 1 is 1.38 bits per heavy atom. The normalized spacial score (nSPS) is 11.2. The number of nitrogens with zero attached hydrogens (tertiary/aromatic N) is 1. The van der Waals surface area contributed by atoms with Gasteiger partial charge in [0.25, 0.3) is 6.01 Å². The molecule has 0 aliphatic rings. The van der Waals surface area contributed by atoms with Crippen LogP contribution in [-0.2, 0) is 4.74 Å². The van der Waals surface area contributed by atoms with E-state index in [1.165, 1.54) is 6.20 Å². The van der Waals surface area contributed by atoms with Crippen molar-refractivity contribution >= 4 is 17.8 Å². The van der Waals surface area contributed by atoms with Crippen LogP contribution in [0.4, 0.5) is 16.5 Å². The van der Waals surface area contributed by atoms with E-state index in [0.717, 1.165) is 11.1 Å². The predicted octanol–water partition coefficient (Wildman–Crippen LogP) is 3.58. The van der Waals surface area contributed by atoms with Crippen LogP contribution in [0.1, 0.15) is 26.3 Å². The Morgan fingerprint density at radius 2 is 2.10 bits per heavy atom. The second kappa shape index (κ2) is 5.47. The molecule has 21 heavy (non-hydrogen) atoms. The first-order chi connectivity index (χ1) is 9.74. The molecule has 1 aromatic heterocycles. The second-order valence-electron chi connectivity index (χ2n) is 5.72. The number of nitrogens with one attached hydrogen (secondary N) is 1. The third kappa shape index (κ3) is 3.98. The molecule has 0 saturated carbocycles. The van der Waals surface area contributed by atoms with Gasteiger partial charge < -0.3 is 14.9 Å². The molecular weight excluding hydrogens is 270 g/mol. The Labute approximate surface area is 123 Å². The predicted molar refractivity (Wildman–Crippen MR) is 80.9 cm³/mol. The average molecular weight is 289 g/mol. The van der Waals surface area contributed by atoms with Gasteiger partial charge in [-0.15, -0.1) is 0 Å². The summed E-state index contributed by atoms with van der Waals surface area (Å²) in [6.07, 6.45) is 1.04. The lowest BCUT2D eigenvalue weighted by Gasteiger charge is -2.20. The minimum atomic E-state index is -0.547. The van der Waals surface area contributed by atoms with Gasteiger partial charge in [0.2, 0.25) is 0 Å². The van der Waals surface area contributed by atoms with E-state index in [0.29, 0.717) is 11.4 Å². The van der Waals surface area contributed by atoms with E-state index in [2.05, 4.69) is 10.3 Å². The minimum absolute atomic E-state index is 0.104. The smallest absolute Gasteiger partial charge is 0.412 e. The highest BCUT2D eigenvalue weighted by Crippen LogP contribution is 2.27. The van der Waals surface area contributed by atoms with E-state index in [1.54, 1.807) is 6.07 Å². The molecule has 0 aliphatic carbocycles. The number of anilines is 2. The molecule has 0 atom stereocenters. The molecule has 0 radical (unpaired) electrons. The van der Waals surface area contributed by atoms with Gasteiger partial charge in [0.15, 0.2) is 5.76 Å². The molecule has 0 bridgehead atoms. The molecule has 3 N–H and O–H groups in total. The monoisotopic (exact) mass is 289 g/mol. The number of amides is 1. The number of aromatic nitrogens is 1. The summed E-state index contributed by atoms with van der Waals surface area (Å²) < 4.78 is 10.5. The molecule has 0 fully saturated rings. The summed E-state index contributed by atoms with van der Waals surface area (Å²) in [5, 5.41) is 2.73. The zero-order valence-corrected chi connectivity index (χ0v) is 12.6. The number of hydrogen-bond acceptors (Lipinski definition) is 5. The summed E-state index contributed by atoms with van der Waals surface area (Å²) >= 11 is 0. The number of aryl methyl sites for hydroxylation is 1. The molecule has 1 heterocycles. The van der Waals surface area contributed by atoms with Gasteiger partial charge in [-0.25, -0.2) is 9.78 Å². The van der Waals surface area contributed by atoms with Crippen LogP contribution in [0.5, 0.6) is 0 Å². The molecule has 1 aromatic carbocycles. The van der Waals surface area contributed by atoms with E-state index in [1.807, 2.05) is 39.8 Å². The molecule has 1 amide bonds. The van der Waals surface area contributed by atoms with Crippen LogP contribution in [0.3, 0.4) is 0 Å². The Morgan fingerprint density at radius 3 is 2.67 bits per heavy atom. The quantitative estimate of drug-likeness (QED) is 0.881. The summed E-state index contributed by atoms with van der Waals surface area (Å²) in [6.45, 7) is 7.33. The number of benzene rings is 1. The maximum Gasteiger partial charge on any atom is 0.412 e. The third-order valence-corrected chi connectivity index (χ3v) is 2.68. The summed E-state index contributed by atoms with van der Waals surface area (Å²) in [6, 6.07) is 5.64. The second-order valence-corrected chi connectivity index (χ2v) is 5.72. The van der Waals surface area contributed by atoms with Gasteiger partial charge in [0, 0.05) is 11.3 Å². The van der Waals surface area contributed by atoms with Gasteiger partial charge in [0.05, 0.1) is 6.20 Å². The Hall–Kier alpha value is -2.50. The zero-order valence-electron chi connectivity index (χ0n) is 12.6. The Bertz CT molecular complexity index is 656. The molecule has 0 unspecified atom stereocenters. The van der Waals surface area contributed by atoms with E-state index in [9.17, 15) is 4.79 Å². The van der Waals surface area contributed by atoms with E-state index in [4.69, 9.17) is 14.9 Å². The fourth-order valence-corrected chi connectivity index (χ4v) is 1.74. The molecule has 0 aliphatic heterocycles. The third-order valence-electron chi connectivity index (χ3n) is 2.68. The van der Waals surface area contributed by atoms with Crippen LogP contribution in [0.2, 0.25) is 0 Å². The molecule has 112 valence electrons.